The number of methoxy groups -OCH3 is 1. The van der Waals surface area contributed by atoms with E-state index in [1.54, 1.807) is 12.1 Å². The van der Waals surface area contributed by atoms with E-state index in [1.165, 1.54) is 13.2 Å². The molecule has 5 nitrogen and oxygen atoms in total. The summed E-state index contributed by atoms with van der Waals surface area (Å²) in [6, 6.07) is 4.69. The van der Waals surface area contributed by atoms with E-state index in [0.29, 0.717) is 34.5 Å². The number of aliphatic hydroxyl groups is 1. The van der Waals surface area contributed by atoms with E-state index in [4.69, 9.17) is 13.9 Å². The quantitative estimate of drug-likeness (QED) is 0.810. The van der Waals surface area contributed by atoms with Crippen molar-refractivity contribution >= 4 is 11.0 Å². The van der Waals surface area contributed by atoms with E-state index in [-0.39, 0.29) is 0 Å². The highest BCUT2D eigenvalue weighted by Crippen LogP contribution is 2.45. The van der Waals surface area contributed by atoms with Crippen molar-refractivity contribution in [3.05, 3.63) is 34.2 Å². The normalized spacial score (nSPS) is 20.3. The minimum Gasteiger partial charge on any atom is -0.496 e. The van der Waals surface area contributed by atoms with Crippen LogP contribution >= 0.6 is 0 Å². The van der Waals surface area contributed by atoms with Gasteiger partial charge in [-0.1, -0.05) is 0 Å². The Balaban J connectivity index is 2.37. The molecule has 0 aliphatic carbocycles. The van der Waals surface area contributed by atoms with Crippen molar-refractivity contribution < 1.29 is 19.0 Å². The van der Waals surface area contributed by atoms with Crippen LogP contribution in [0.1, 0.15) is 31.9 Å². The average molecular weight is 276 g/mol. The largest absolute Gasteiger partial charge is 0.496 e. The van der Waals surface area contributed by atoms with Gasteiger partial charge in [0.05, 0.1) is 24.2 Å². The maximum absolute atomic E-state index is 11.5. The summed E-state index contributed by atoms with van der Waals surface area (Å²) in [5, 5.41) is 11.0. The monoisotopic (exact) mass is 276 g/mol. The SMILES string of the molecule is COc1cc2c(c3oc(=O)ccc13)[C@@H](O)CC(C)(C)O2. The van der Waals surface area contributed by atoms with Crippen LogP contribution in [-0.2, 0) is 0 Å². The number of hydrogen-bond acceptors (Lipinski definition) is 5. The molecule has 20 heavy (non-hydrogen) atoms. The Morgan fingerprint density at radius 1 is 1.40 bits per heavy atom. The van der Waals surface area contributed by atoms with Gasteiger partial charge in [-0.05, 0) is 19.9 Å². The zero-order chi connectivity index (χ0) is 14.5. The molecule has 1 aromatic carbocycles. The summed E-state index contributed by atoms with van der Waals surface area (Å²) in [7, 11) is 1.54. The first-order chi connectivity index (χ1) is 9.41. The molecule has 5 heteroatoms. The van der Waals surface area contributed by atoms with Gasteiger partial charge in [0, 0.05) is 18.6 Å². The number of hydrogen-bond donors (Lipinski definition) is 1. The van der Waals surface area contributed by atoms with Crippen molar-refractivity contribution in [1.82, 2.24) is 0 Å². The molecule has 1 aromatic heterocycles. The lowest BCUT2D eigenvalue weighted by molar-refractivity contribution is 0.0118. The molecule has 1 aliphatic rings. The predicted molar refractivity (Wildman–Crippen MR) is 73.3 cm³/mol. The molecule has 1 aliphatic heterocycles. The van der Waals surface area contributed by atoms with Crippen molar-refractivity contribution in [2.24, 2.45) is 0 Å². The lowest BCUT2D eigenvalue weighted by Crippen LogP contribution is -2.35. The molecule has 1 N–H and O–H groups in total. The van der Waals surface area contributed by atoms with Crippen molar-refractivity contribution in [3.8, 4) is 11.5 Å². The molecular weight excluding hydrogens is 260 g/mol. The zero-order valence-corrected chi connectivity index (χ0v) is 11.6. The third kappa shape index (κ3) is 1.94. The van der Waals surface area contributed by atoms with Crippen LogP contribution in [0.4, 0.5) is 0 Å². The standard InChI is InChI=1S/C15H16O5/c1-15(2)7-9(16)13-11(20-15)6-10(18-3)8-4-5-12(17)19-14(8)13/h4-6,9,16H,7H2,1-3H3/t9-/m0/s1. The van der Waals surface area contributed by atoms with Crippen LogP contribution in [0.25, 0.3) is 11.0 Å². The minimum atomic E-state index is -0.743. The Kier molecular flexibility index (Phi) is 2.76. The summed E-state index contributed by atoms with van der Waals surface area (Å²) in [6.07, 6.45) is -0.312. The first-order valence-corrected chi connectivity index (χ1v) is 6.43. The molecule has 0 amide bonds. The van der Waals surface area contributed by atoms with E-state index in [0.717, 1.165) is 0 Å². The maximum Gasteiger partial charge on any atom is 0.336 e. The van der Waals surface area contributed by atoms with Crippen molar-refractivity contribution in [1.29, 1.82) is 0 Å². The Hall–Kier alpha value is -2.01. The zero-order valence-electron chi connectivity index (χ0n) is 11.6. The molecular formula is C15H16O5. The van der Waals surface area contributed by atoms with E-state index in [1.807, 2.05) is 13.8 Å². The second-order valence-corrected chi connectivity index (χ2v) is 5.57. The second kappa shape index (κ2) is 4.24. The van der Waals surface area contributed by atoms with Gasteiger partial charge >= 0.3 is 5.63 Å². The highest BCUT2D eigenvalue weighted by Gasteiger charge is 2.35. The summed E-state index contributed by atoms with van der Waals surface area (Å²) < 4.78 is 16.5. The van der Waals surface area contributed by atoms with Gasteiger partial charge in [0.15, 0.2) is 5.58 Å². The second-order valence-electron chi connectivity index (χ2n) is 5.57. The van der Waals surface area contributed by atoms with Crippen LogP contribution in [0.3, 0.4) is 0 Å². The molecule has 0 spiro atoms. The van der Waals surface area contributed by atoms with Crippen LogP contribution in [0, 0.1) is 0 Å². The molecule has 0 saturated carbocycles. The number of benzene rings is 1. The fourth-order valence-corrected chi connectivity index (χ4v) is 2.67. The fourth-order valence-electron chi connectivity index (χ4n) is 2.67. The van der Waals surface area contributed by atoms with Crippen molar-refractivity contribution in [3.63, 3.8) is 0 Å². The van der Waals surface area contributed by atoms with Gasteiger partial charge < -0.3 is 19.0 Å². The first kappa shape index (κ1) is 13.0. The Morgan fingerprint density at radius 2 is 2.15 bits per heavy atom. The van der Waals surface area contributed by atoms with Gasteiger partial charge in [0.2, 0.25) is 0 Å². The predicted octanol–water partition coefficient (Wildman–Crippen LogP) is 2.40. The smallest absolute Gasteiger partial charge is 0.336 e. The van der Waals surface area contributed by atoms with Crippen LogP contribution in [0.15, 0.2) is 27.4 Å². The Labute approximate surface area is 115 Å². The van der Waals surface area contributed by atoms with Gasteiger partial charge in [0.25, 0.3) is 0 Å². The van der Waals surface area contributed by atoms with Crippen LogP contribution < -0.4 is 15.1 Å². The van der Waals surface area contributed by atoms with Gasteiger partial charge in [-0.2, -0.15) is 0 Å². The summed E-state index contributed by atoms with van der Waals surface area (Å²) in [4.78, 5) is 11.5. The van der Waals surface area contributed by atoms with E-state index in [9.17, 15) is 9.90 Å². The maximum atomic E-state index is 11.5. The molecule has 106 valence electrons. The fraction of sp³-hybridized carbons (Fsp3) is 0.400. The number of rotatable bonds is 1. The van der Waals surface area contributed by atoms with E-state index >= 15 is 0 Å². The molecule has 0 saturated heterocycles. The van der Waals surface area contributed by atoms with Gasteiger partial charge in [-0.25, -0.2) is 4.79 Å². The molecule has 2 heterocycles. The lowest BCUT2D eigenvalue weighted by atomic mass is 9.90. The number of ether oxygens (including phenoxy) is 2. The summed E-state index contributed by atoms with van der Waals surface area (Å²) in [6.45, 7) is 3.80. The highest BCUT2D eigenvalue weighted by molar-refractivity contribution is 5.89. The van der Waals surface area contributed by atoms with Crippen molar-refractivity contribution in [2.45, 2.75) is 32.0 Å². The first-order valence-electron chi connectivity index (χ1n) is 6.43. The van der Waals surface area contributed by atoms with Gasteiger partial charge in [0.1, 0.15) is 17.1 Å². The summed E-state index contributed by atoms with van der Waals surface area (Å²) in [5.74, 6) is 1.04. The Morgan fingerprint density at radius 3 is 2.85 bits per heavy atom. The van der Waals surface area contributed by atoms with Crippen LogP contribution in [0.2, 0.25) is 0 Å². The Bertz CT molecular complexity index is 729. The molecule has 0 radical (unpaired) electrons. The topological polar surface area (TPSA) is 68.9 Å². The van der Waals surface area contributed by atoms with Crippen molar-refractivity contribution in [2.75, 3.05) is 7.11 Å². The summed E-state index contributed by atoms with van der Waals surface area (Å²) in [5.41, 5.74) is -0.113. The van der Waals surface area contributed by atoms with Gasteiger partial charge in [-0.15, -0.1) is 0 Å². The summed E-state index contributed by atoms with van der Waals surface area (Å²) >= 11 is 0. The molecule has 0 unspecified atom stereocenters. The van der Waals surface area contributed by atoms with Crippen LogP contribution in [-0.4, -0.2) is 17.8 Å². The number of fused-ring (bicyclic) bond motifs is 3. The molecule has 3 rings (SSSR count). The molecule has 2 aromatic rings. The molecule has 0 fully saturated rings. The molecule has 0 bridgehead atoms. The van der Waals surface area contributed by atoms with Crippen LogP contribution in [0.5, 0.6) is 11.5 Å². The van der Waals surface area contributed by atoms with Gasteiger partial charge in [-0.3, -0.25) is 0 Å². The molecule has 1 atom stereocenters. The lowest BCUT2D eigenvalue weighted by Gasteiger charge is -2.35. The third-order valence-corrected chi connectivity index (χ3v) is 3.50. The highest BCUT2D eigenvalue weighted by atomic mass is 16.5. The third-order valence-electron chi connectivity index (χ3n) is 3.50. The van der Waals surface area contributed by atoms with E-state index in [2.05, 4.69) is 0 Å². The average Bonchev–Trinajstić information content (AvgIpc) is 2.35. The van der Waals surface area contributed by atoms with E-state index < -0.39 is 17.3 Å². The minimum absolute atomic E-state index is 0.329. The number of aliphatic hydroxyl groups excluding tert-OH is 1.